The van der Waals surface area contributed by atoms with Crippen molar-refractivity contribution in [2.75, 3.05) is 20.6 Å². The standard InChI is InChI=1S/C22H24ClN5O2/c1-14-17(22(30)27-21(26-14)15-7-6-10-24-12-15)11-20(29)25-13-19(28(2)3)16-8-4-5-9-18(16)23/h4-10,12,19H,11,13H2,1-3H3,(H,25,29)(H,26,27,30). The topological polar surface area (TPSA) is 91.0 Å². The maximum absolute atomic E-state index is 12.6. The van der Waals surface area contributed by atoms with E-state index in [9.17, 15) is 9.59 Å². The maximum Gasteiger partial charge on any atom is 0.255 e. The van der Waals surface area contributed by atoms with Gasteiger partial charge in [0.1, 0.15) is 5.82 Å². The molecule has 1 unspecified atom stereocenters. The Morgan fingerprint density at radius 3 is 2.63 bits per heavy atom. The van der Waals surface area contributed by atoms with Crippen molar-refractivity contribution in [1.82, 2.24) is 25.2 Å². The van der Waals surface area contributed by atoms with Crippen LogP contribution in [0.3, 0.4) is 0 Å². The molecule has 156 valence electrons. The number of carbonyl (C=O) groups is 1. The van der Waals surface area contributed by atoms with Crippen molar-refractivity contribution < 1.29 is 4.79 Å². The smallest absolute Gasteiger partial charge is 0.255 e. The Bertz CT molecular complexity index is 1080. The van der Waals surface area contributed by atoms with E-state index in [1.54, 1.807) is 25.4 Å². The van der Waals surface area contributed by atoms with Crippen LogP contribution in [0.1, 0.15) is 22.9 Å². The molecule has 0 bridgehead atoms. The van der Waals surface area contributed by atoms with E-state index in [1.807, 2.05) is 49.3 Å². The highest BCUT2D eigenvalue weighted by Gasteiger charge is 2.19. The first-order valence-electron chi connectivity index (χ1n) is 9.54. The summed E-state index contributed by atoms with van der Waals surface area (Å²) in [5.74, 6) is 0.180. The van der Waals surface area contributed by atoms with Crippen LogP contribution in [0.5, 0.6) is 0 Å². The molecule has 30 heavy (non-hydrogen) atoms. The number of likely N-dealkylation sites (N-methyl/N-ethyl adjacent to an activating group) is 1. The third kappa shape index (κ3) is 5.11. The number of nitrogens with zero attached hydrogens (tertiary/aromatic N) is 3. The molecule has 0 aliphatic heterocycles. The Morgan fingerprint density at radius 1 is 1.23 bits per heavy atom. The normalized spacial score (nSPS) is 12.0. The molecule has 1 amide bonds. The minimum atomic E-state index is -0.327. The van der Waals surface area contributed by atoms with E-state index in [-0.39, 0.29) is 23.9 Å². The lowest BCUT2D eigenvalue weighted by molar-refractivity contribution is -0.120. The fraction of sp³-hybridized carbons (Fsp3) is 0.273. The Labute approximate surface area is 180 Å². The predicted molar refractivity (Wildman–Crippen MR) is 117 cm³/mol. The van der Waals surface area contributed by atoms with E-state index in [2.05, 4.69) is 20.3 Å². The van der Waals surface area contributed by atoms with E-state index in [0.29, 0.717) is 34.2 Å². The zero-order valence-corrected chi connectivity index (χ0v) is 17.9. The summed E-state index contributed by atoms with van der Waals surface area (Å²) >= 11 is 6.32. The van der Waals surface area contributed by atoms with Gasteiger partial charge in [0.15, 0.2) is 0 Å². The molecular formula is C22H24ClN5O2. The van der Waals surface area contributed by atoms with E-state index >= 15 is 0 Å². The number of aromatic nitrogens is 3. The van der Waals surface area contributed by atoms with Crippen LogP contribution in [0, 0.1) is 6.92 Å². The molecule has 2 heterocycles. The lowest BCUT2D eigenvalue weighted by Crippen LogP contribution is -2.36. The molecular weight excluding hydrogens is 402 g/mol. The highest BCUT2D eigenvalue weighted by Crippen LogP contribution is 2.25. The number of nitrogens with one attached hydrogen (secondary N) is 2. The van der Waals surface area contributed by atoms with Gasteiger partial charge in [-0.3, -0.25) is 14.6 Å². The summed E-state index contributed by atoms with van der Waals surface area (Å²) in [6, 6.07) is 11.0. The summed E-state index contributed by atoms with van der Waals surface area (Å²) in [4.78, 5) is 38.3. The zero-order chi connectivity index (χ0) is 21.7. The summed E-state index contributed by atoms with van der Waals surface area (Å²) in [5.41, 5.74) is 2.18. The third-order valence-electron chi connectivity index (χ3n) is 4.87. The van der Waals surface area contributed by atoms with Crippen molar-refractivity contribution in [2.24, 2.45) is 0 Å². The first-order chi connectivity index (χ1) is 14.4. The van der Waals surface area contributed by atoms with Crippen LogP contribution >= 0.6 is 11.6 Å². The fourth-order valence-electron chi connectivity index (χ4n) is 3.21. The van der Waals surface area contributed by atoms with E-state index < -0.39 is 0 Å². The summed E-state index contributed by atoms with van der Waals surface area (Å²) in [6.45, 7) is 2.10. The van der Waals surface area contributed by atoms with Crippen LogP contribution < -0.4 is 10.9 Å². The van der Waals surface area contributed by atoms with Gasteiger partial charge in [0, 0.05) is 40.8 Å². The average molecular weight is 426 g/mol. The molecule has 1 aromatic carbocycles. The largest absolute Gasteiger partial charge is 0.354 e. The monoisotopic (exact) mass is 425 g/mol. The molecule has 3 rings (SSSR count). The second-order valence-electron chi connectivity index (χ2n) is 7.20. The molecule has 0 aliphatic carbocycles. The molecule has 8 heteroatoms. The average Bonchev–Trinajstić information content (AvgIpc) is 2.72. The summed E-state index contributed by atoms with van der Waals surface area (Å²) in [6.07, 6.45) is 3.22. The summed E-state index contributed by atoms with van der Waals surface area (Å²) < 4.78 is 0. The maximum atomic E-state index is 12.6. The number of hydrogen-bond donors (Lipinski definition) is 2. The molecule has 0 saturated carbocycles. The van der Waals surface area contributed by atoms with Crippen LogP contribution in [0.25, 0.3) is 11.4 Å². The molecule has 3 aromatic rings. The second kappa shape index (κ2) is 9.65. The lowest BCUT2D eigenvalue weighted by Gasteiger charge is -2.26. The number of pyridine rings is 1. The van der Waals surface area contributed by atoms with Gasteiger partial charge >= 0.3 is 0 Å². The Morgan fingerprint density at radius 2 is 2.00 bits per heavy atom. The van der Waals surface area contributed by atoms with Gasteiger partial charge in [-0.2, -0.15) is 0 Å². The summed E-state index contributed by atoms with van der Waals surface area (Å²) in [7, 11) is 3.85. The minimum Gasteiger partial charge on any atom is -0.354 e. The Hall–Kier alpha value is -3.03. The third-order valence-corrected chi connectivity index (χ3v) is 5.22. The number of aryl methyl sites for hydroxylation is 1. The lowest BCUT2D eigenvalue weighted by atomic mass is 10.1. The van der Waals surface area contributed by atoms with Gasteiger partial charge in [0.2, 0.25) is 5.91 Å². The van der Waals surface area contributed by atoms with Crippen LogP contribution in [-0.2, 0) is 11.2 Å². The first kappa shape index (κ1) is 21.7. The van der Waals surface area contributed by atoms with Crippen molar-refractivity contribution in [1.29, 1.82) is 0 Å². The van der Waals surface area contributed by atoms with Crippen molar-refractivity contribution in [3.05, 3.63) is 81.0 Å². The highest BCUT2D eigenvalue weighted by atomic mass is 35.5. The zero-order valence-electron chi connectivity index (χ0n) is 17.1. The minimum absolute atomic E-state index is 0.0514. The molecule has 0 fully saturated rings. The van der Waals surface area contributed by atoms with E-state index in [1.165, 1.54) is 0 Å². The molecule has 0 radical (unpaired) electrons. The molecule has 0 saturated heterocycles. The van der Waals surface area contributed by atoms with Crippen LogP contribution in [0.4, 0.5) is 0 Å². The van der Waals surface area contributed by atoms with Crippen molar-refractivity contribution in [3.8, 4) is 11.4 Å². The molecule has 1 atom stereocenters. The number of carbonyl (C=O) groups excluding carboxylic acids is 1. The number of amides is 1. The molecule has 2 N–H and O–H groups in total. The van der Waals surface area contributed by atoms with Crippen molar-refractivity contribution in [2.45, 2.75) is 19.4 Å². The number of rotatable bonds is 7. The number of hydrogen-bond acceptors (Lipinski definition) is 5. The van der Waals surface area contributed by atoms with Gasteiger partial charge in [-0.05, 0) is 44.8 Å². The SMILES string of the molecule is Cc1nc(-c2cccnc2)[nH]c(=O)c1CC(=O)NCC(c1ccccc1Cl)N(C)C. The number of H-pyrrole nitrogens is 1. The summed E-state index contributed by atoms with van der Waals surface area (Å²) in [5, 5.41) is 3.56. The Kier molecular flexibility index (Phi) is 6.97. The van der Waals surface area contributed by atoms with Crippen molar-refractivity contribution in [3.63, 3.8) is 0 Å². The molecule has 0 spiro atoms. The molecule has 7 nitrogen and oxygen atoms in total. The van der Waals surface area contributed by atoms with E-state index in [0.717, 1.165) is 5.56 Å². The molecule has 0 aliphatic rings. The fourth-order valence-corrected chi connectivity index (χ4v) is 3.47. The van der Waals surface area contributed by atoms with Gasteiger partial charge < -0.3 is 15.2 Å². The first-order valence-corrected chi connectivity index (χ1v) is 9.92. The quantitative estimate of drug-likeness (QED) is 0.607. The van der Waals surface area contributed by atoms with Gasteiger partial charge in [0.25, 0.3) is 5.56 Å². The number of benzene rings is 1. The van der Waals surface area contributed by atoms with Gasteiger partial charge in [-0.15, -0.1) is 0 Å². The van der Waals surface area contributed by atoms with Crippen LogP contribution in [0.2, 0.25) is 5.02 Å². The van der Waals surface area contributed by atoms with Crippen molar-refractivity contribution >= 4 is 17.5 Å². The van der Waals surface area contributed by atoms with Gasteiger partial charge in [-0.1, -0.05) is 29.8 Å². The van der Waals surface area contributed by atoms with Crippen LogP contribution in [-0.4, -0.2) is 46.4 Å². The van der Waals surface area contributed by atoms with Gasteiger partial charge in [-0.25, -0.2) is 4.98 Å². The van der Waals surface area contributed by atoms with Gasteiger partial charge in [0.05, 0.1) is 12.5 Å². The predicted octanol–water partition coefficient (Wildman–Crippen LogP) is 2.76. The highest BCUT2D eigenvalue weighted by molar-refractivity contribution is 6.31. The van der Waals surface area contributed by atoms with E-state index in [4.69, 9.17) is 11.6 Å². The number of halogens is 1. The second-order valence-corrected chi connectivity index (χ2v) is 7.61. The van der Waals surface area contributed by atoms with Crippen LogP contribution in [0.15, 0.2) is 53.6 Å². The molecule has 2 aromatic heterocycles. The number of aromatic amines is 1. The Balaban J connectivity index is 1.71.